The van der Waals surface area contributed by atoms with Gasteiger partial charge in [0.05, 0.1) is 31.8 Å². The van der Waals surface area contributed by atoms with E-state index in [0.29, 0.717) is 62.7 Å². The number of aromatic hydroxyl groups is 2. The molecule has 0 radical (unpaired) electrons. The van der Waals surface area contributed by atoms with Crippen LogP contribution in [-0.2, 0) is 122 Å². The number of carbonyl (C=O) groups is 16. The lowest BCUT2D eigenvalue weighted by Crippen LogP contribution is -2.60. The molecule has 35 nitrogen and oxygen atoms in total. The van der Waals surface area contributed by atoms with Gasteiger partial charge in [-0.1, -0.05) is 197 Å². The first-order chi connectivity index (χ1) is 64.0. The van der Waals surface area contributed by atoms with Gasteiger partial charge in [0.25, 0.3) is 0 Å². The number of thioether (sulfide) groups is 1. The van der Waals surface area contributed by atoms with Crippen LogP contribution in [0.3, 0.4) is 0 Å². The monoisotopic (exact) mass is 1860 g/mol. The number of aromatic nitrogens is 1. The van der Waals surface area contributed by atoms with Crippen molar-refractivity contribution in [1.82, 2.24) is 77.3 Å². The zero-order valence-electron chi connectivity index (χ0n) is 76.3. The average Bonchev–Trinajstić information content (AvgIpc) is 1.01. The van der Waals surface area contributed by atoms with Crippen LogP contribution < -0.4 is 53.6 Å². The third kappa shape index (κ3) is 31.4. The van der Waals surface area contributed by atoms with E-state index in [9.17, 15) is 48.9 Å². The van der Waals surface area contributed by atoms with E-state index >= 15 is 43.2 Å². The molecule has 1 saturated heterocycles. The number of carbonyl (C=O) groups excluding carboxylic acids is 15. The summed E-state index contributed by atoms with van der Waals surface area (Å²) in [6, 6.07) is 36.0. The van der Waals surface area contributed by atoms with E-state index in [1.54, 1.807) is 166 Å². The van der Waals surface area contributed by atoms with Gasteiger partial charge in [0.1, 0.15) is 78.0 Å². The van der Waals surface area contributed by atoms with E-state index in [1.165, 1.54) is 93.6 Å². The van der Waals surface area contributed by atoms with Crippen LogP contribution in [0.4, 0.5) is 0 Å². The van der Waals surface area contributed by atoms with E-state index in [4.69, 9.17) is 5.73 Å². The molecule has 36 heteroatoms. The maximum absolute atomic E-state index is 15.6. The predicted molar refractivity (Wildman–Crippen MR) is 502 cm³/mol. The van der Waals surface area contributed by atoms with Crippen LogP contribution in [0.25, 0.3) is 10.9 Å². The van der Waals surface area contributed by atoms with Gasteiger partial charge in [-0.2, -0.15) is 0 Å². The van der Waals surface area contributed by atoms with Crippen LogP contribution in [0.5, 0.6) is 11.5 Å². The quantitative estimate of drug-likeness (QED) is 0.0390. The van der Waals surface area contributed by atoms with Crippen LogP contribution >= 0.6 is 11.8 Å². The number of para-hydroxylation sites is 1. The first-order valence-corrected chi connectivity index (χ1v) is 45.5. The highest BCUT2D eigenvalue weighted by Gasteiger charge is 2.42. The number of nitrogens with one attached hydrogen (secondary N) is 10. The van der Waals surface area contributed by atoms with Gasteiger partial charge in [0.15, 0.2) is 0 Å². The van der Waals surface area contributed by atoms with Gasteiger partial charge in [-0.05, 0) is 101 Å². The van der Waals surface area contributed by atoms with Gasteiger partial charge in [-0.3, -0.25) is 76.7 Å². The minimum Gasteiger partial charge on any atom is -0.508 e. The van der Waals surface area contributed by atoms with E-state index < -0.39 is 193 Å². The molecule has 0 spiro atoms. The summed E-state index contributed by atoms with van der Waals surface area (Å²) < 4.78 is 0. The topological polar surface area (TPSA) is 500 Å². The van der Waals surface area contributed by atoms with Crippen molar-refractivity contribution < 1.29 is 92.0 Å². The average molecular weight is 1860 g/mol. The van der Waals surface area contributed by atoms with E-state index in [-0.39, 0.29) is 87.4 Å². The summed E-state index contributed by atoms with van der Waals surface area (Å²) >= 11 is 0.829. The number of phenols is 2. The molecule has 7 aromatic carbocycles. The van der Waals surface area contributed by atoms with Crippen molar-refractivity contribution in [2.75, 3.05) is 66.4 Å². The second kappa shape index (κ2) is 50.8. The SMILES string of the molecule is CCCC[C@H]1C(=O)N(C)CC(=O)N[C@@H](CC(=O)O)C(=O)N[C@@H](CCc2ccccc2)C(=O)N(C)[C@H](Cc2ccccc2)C(=O)N[C@@H](Cc2ccc(O)cc2)C(=O)N(C)CC(=O)N[C@@H](Cc2c[nH]c3ccccc23)C(=O)N[C@@H](Cc2ccc(O)cc2)C(=O)N[C@@H](CC(C)C)C(=O)N[C@H](C(=O)NCC(N)=O)CSCC(=O)N[C@@H](Cc2ccccc2)C(=O)N(C)[C@H](Cc2ccccc2)C(=O)N1C. The first kappa shape index (κ1) is 103. The van der Waals surface area contributed by atoms with Gasteiger partial charge in [-0.25, -0.2) is 0 Å². The summed E-state index contributed by atoms with van der Waals surface area (Å²) in [5.74, 6) is -16.7. The number of amides is 15. The van der Waals surface area contributed by atoms with Gasteiger partial charge >= 0.3 is 5.97 Å². The zero-order valence-corrected chi connectivity index (χ0v) is 77.1. The number of nitrogens with zero attached hydrogens (tertiary/aromatic N) is 5. The summed E-state index contributed by atoms with van der Waals surface area (Å²) in [5.41, 5.74) is 9.80. The van der Waals surface area contributed by atoms with E-state index in [0.717, 1.165) is 26.5 Å². The fourth-order valence-electron chi connectivity index (χ4n) is 15.7. The Bertz CT molecular complexity index is 5390. The van der Waals surface area contributed by atoms with Crippen molar-refractivity contribution in [2.24, 2.45) is 11.7 Å². The van der Waals surface area contributed by atoms with Crippen molar-refractivity contribution in [3.05, 3.63) is 239 Å². The summed E-state index contributed by atoms with van der Waals surface area (Å²) in [4.78, 5) is 245. The molecule has 15 N–H and O–H groups in total. The number of likely N-dealkylation sites (N-methyl/N-ethyl adjacent to an activating group) is 5. The molecule has 712 valence electrons. The minimum atomic E-state index is -1.93. The maximum atomic E-state index is 15.6. The Hall–Kier alpha value is -14.5. The number of benzene rings is 7. The Kier molecular flexibility index (Phi) is 39.2. The van der Waals surface area contributed by atoms with E-state index in [1.807, 2.05) is 6.92 Å². The molecule has 0 aliphatic carbocycles. The minimum absolute atomic E-state index is 0.0237. The van der Waals surface area contributed by atoms with Crippen molar-refractivity contribution in [2.45, 2.75) is 171 Å². The molecule has 0 unspecified atom stereocenters. The molecule has 2 heterocycles. The number of hydrogen-bond acceptors (Lipinski definition) is 19. The number of unbranched alkanes of at least 4 members (excludes halogenated alkanes) is 1. The van der Waals surface area contributed by atoms with Crippen molar-refractivity contribution in [1.29, 1.82) is 0 Å². The molecule has 9 rings (SSSR count). The second-order valence-corrected chi connectivity index (χ2v) is 34.9. The molecule has 134 heavy (non-hydrogen) atoms. The number of rotatable bonds is 25. The molecule has 15 amide bonds. The van der Waals surface area contributed by atoms with Crippen molar-refractivity contribution in [3.8, 4) is 11.5 Å². The van der Waals surface area contributed by atoms with Crippen LogP contribution in [0.2, 0.25) is 0 Å². The Balaban J connectivity index is 1.13. The lowest BCUT2D eigenvalue weighted by Gasteiger charge is -2.37. The highest BCUT2D eigenvalue weighted by Crippen LogP contribution is 2.25. The molecular formula is C98H120N16O19S. The van der Waals surface area contributed by atoms with Gasteiger partial charge in [0, 0.05) is 96.6 Å². The molecule has 0 saturated carbocycles. The molecule has 1 aromatic heterocycles. The van der Waals surface area contributed by atoms with Crippen molar-refractivity contribution >= 4 is 117 Å². The number of carboxylic acid groups (broad SMARTS) is 1. The summed E-state index contributed by atoms with van der Waals surface area (Å²) in [6.07, 6.45) is -0.0530. The maximum Gasteiger partial charge on any atom is 0.305 e. The zero-order chi connectivity index (χ0) is 97.2. The molecule has 1 aliphatic rings. The number of phenolic OH excluding ortho intramolecular Hbond substituents is 2. The van der Waals surface area contributed by atoms with Crippen molar-refractivity contribution in [3.63, 3.8) is 0 Å². The Morgan fingerprint density at radius 1 is 0.433 bits per heavy atom. The number of fused-ring (bicyclic) bond motifs is 1. The third-order valence-electron chi connectivity index (χ3n) is 23.0. The third-order valence-corrected chi connectivity index (χ3v) is 24.0. The fourth-order valence-corrected chi connectivity index (χ4v) is 16.5. The lowest BCUT2D eigenvalue weighted by atomic mass is 9.99. The lowest BCUT2D eigenvalue weighted by molar-refractivity contribution is -0.151. The number of H-pyrrole nitrogens is 1. The first-order valence-electron chi connectivity index (χ1n) is 44.3. The number of hydrogen-bond donors (Lipinski definition) is 14. The molecule has 1 fully saturated rings. The normalized spacial score (nSPS) is 21.5. The highest BCUT2D eigenvalue weighted by molar-refractivity contribution is 8.00. The molecule has 1 aliphatic heterocycles. The van der Waals surface area contributed by atoms with Gasteiger partial charge < -0.3 is 98.4 Å². The van der Waals surface area contributed by atoms with Gasteiger partial charge in [0.2, 0.25) is 88.6 Å². The highest BCUT2D eigenvalue weighted by atomic mass is 32.2. The number of aliphatic carboxylic acids is 1. The number of carboxylic acids is 1. The largest absolute Gasteiger partial charge is 0.508 e. The van der Waals surface area contributed by atoms with Gasteiger partial charge in [-0.15, -0.1) is 11.8 Å². The molecule has 8 aromatic rings. The molecular weight excluding hydrogens is 1740 g/mol. The number of aromatic amines is 1. The summed E-state index contributed by atoms with van der Waals surface area (Å²) in [5, 5.41) is 56.0. The van der Waals surface area contributed by atoms with Crippen LogP contribution in [-0.4, -0.2) is 272 Å². The number of aryl methyl sites for hydroxylation is 1. The summed E-state index contributed by atoms with van der Waals surface area (Å²) in [7, 11) is 6.56. The smallest absolute Gasteiger partial charge is 0.305 e. The standard InChI is InChI=1S/C98H120N16O19S/c1-9-10-35-80-97(132)111(5)57-85(119)103-76(53-87(121)122)92(127)105-72(45-40-61-25-15-11-16-26-61)95(130)113(7)81(50-63-29-19-13-20-30-63)93(128)108-77(49-66-38-43-69(116)44-39-66)94(129)110(4)56-84(118)102-75(52-67-54-100-71-34-24-23-33-70(67)71)91(126)107-74(47-65-36-41-68(115)42-37-65)90(125)106-73(46-60(2)3)89(124)109-79(88(123)101-55-83(99)117)58-134-59-86(120)104-78(48-62-27-17-12-18-28-62)96(131)114(8)82(98(133)112(80)6)51-64-31-21-14-22-32-64/h11-34,36-39,41-44,54,60,72-82,100,115-116H,9-10,35,40,45-53,55-59H2,1-8H3,(H2,99,117)(H,101,123)(H,102,118)(H,103,119)(H,104,120)(H,105,127)(H,106,125)(H,107,126)(H,108,128)(H,109,124)(H,121,122)/t72-,73-,74-,75-,76-,77-,78-,79-,80-,81+,82+/m0/s1. The Morgan fingerprint density at radius 2 is 0.858 bits per heavy atom. The molecule has 11 atom stereocenters. The fraction of sp³-hybridized carbons (Fsp3) is 0.388. The number of primary amides is 1. The second-order valence-electron chi connectivity index (χ2n) is 33.9. The number of nitrogens with two attached hydrogens (primary N) is 1. The molecule has 0 bridgehead atoms. The Morgan fingerprint density at radius 3 is 1.40 bits per heavy atom. The van der Waals surface area contributed by atoms with E-state index in [2.05, 4.69) is 52.8 Å². The van der Waals surface area contributed by atoms with Crippen LogP contribution in [0.15, 0.2) is 200 Å². The Labute approximate surface area is 782 Å². The van der Waals surface area contributed by atoms with Crippen LogP contribution in [0.1, 0.15) is 98.2 Å². The van der Waals surface area contributed by atoms with Crippen LogP contribution in [0, 0.1) is 5.92 Å². The predicted octanol–water partition coefficient (Wildman–Crippen LogP) is 3.30. The summed E-state index contributed by atoms with van der Waals surface area (Å²) in [6.45, 7) is 3.03.